The van der Waals surface area contributed by atoms with Gasteiger partial charge >= 0.3 is 0 Å². The van der Waals surface area contributed by atoms with Gasteiger partial charge < -0.3 is 14.4 Å². The van der Waals surface area contributed by atoms with Crippen molar-refractivity contribution in [3.8, 4) is 16.9 Å². The van der Waals surface area contributed by atoms with Gasteiger partial charge in [-0.15, -0.1) is 0 Å². The average Bonchev–Trinajstić information content (AvgIpc) is 3.36. The Bertz CT molecular complexity index is 1430. The third kappa shape index (κ3) is 5.42. The normalized spacial score (nSPS) is 19.0. The summed E-state index contributed by atoms with van der Waals surface area (Å²) in [5, 5.41) is 0.0250. The summed E-state index contributed by atoms with van der Waals surface area (Å²) >= 11 is 0. The predicted octanol–water partition coefficient (Wildman–Crippen LogP) is 4.04. The summed E-state index contributed by atoms with van der Waals surface area (Å²) in [6.45, 7) is 2.37. The Balaban J connectivity index is 1.39. The van der Waals surface area contributed by atoms with Crippen molar-refractivity contribution in [2.75, 3.05) is 32.6 Å². The molecule has 1 atom stereocenters. The lowest BCUT2D eigenvalue weighted by Crippen LogP contribution is -2.38. The number of benzene rings is 1. The van der Waals surface area contributed by atoms with E-state index in [1.165, 1.54) is 6.20 Å². The van der Waals surface area contributed by atoms with Crippen molar-refractivity contribution >= 4 is 26.6 Å². The lowest BCUT2D eigenvalue weighted by molar-refractivity contribution is -0.137. The van der Waals surface area contributed by atoms with Crippen LogP contribution < -0.4 is 4.74 Å². The van der Waals surface area contributed by atoms with Crippen molar-refractivity contribution in [2.45, 2.75) is 36.8 Å². The van der Waals surface area contributed by atoms with Crippen LogP contribution in [0.4, 0.5) is 8.78 Å². The van der Waals surface area contributed by atoms with Gasteiger partial charge in [0.05, 0.1) is 17.6 Å². The van der Waals surface area contributed by atoms with Crippen molar-refractivity contribution in [3.63, 3.8) is 0 Å². The quantitative estimate of drug-likeness (QED) is 0.473. The van der Waals surface area contributed by atoms with Gasteiger partial charge in [0.2, 0.25) is 5.91 Å². The number of alkyl halides is 2. The molecule has 1 amide bonds. The lowest BCUT2D eigenvalue weighted by Gasteiger charge is -2.26. The van der Waals surface area contributed by atoms with Crippen LogP contribution in [0, 0.1) is 5.92 Å². The number of nitrogens with zero attached hydrogens (tertiary/aromatic N) is 3. The maximum Gasteiger partial charge on any atom is 0.266 e. The van der Waals surface area contributed by atoms with E-state index in [4.69, 9.17) is 9.47 Å². The number of carbonyl (C=O) groups excluding carboxylic acids is 1. The summed E-state index contributed by atoms with van der Waals surface area (Å²) in [6, 6.07) is 8.18. The monoisotopic (exact) mass is 531 g/mol. The van der Waals surface area contributed by atoms with Crippen molar-refractivity contribution in [1.82, 2.24) is 14.9 Å². The molecule has 2 aromatic heterocycles. The first-order chi connectivity index (χ1) is 17.7. The number of halogens is 2. The van der Waals surface area contributed by atoms with Crippen LogP contribution in [0.5, 0.6) is 5.75 Å². The number of carbonyl (C=O) groups is 1. The van der Waals surface area contributed by atoms with E-state index < -0.39 is 26.9 Å². The zero-order valence-electron chi connectivity index (χ0n) is 20.3. The molecule has 2 aliphatic rings. The Morgan fingerprint density at radius 2 is 1.92 bits per heavy atom. The molecular weight excluding hydrogens is 504 g/mol. The van der Waals surface area contributed by atoms with E-state index in [-0.39, 0.29) is 17.9 Å². The molecule has 0 bridgehead atoms. The van der Waals surface area contributed by atoms with Gasteiger partial charge in [-0.05, 0) is 48.7 Å². The van der Waals surface area contributed by atoms with Crippen molar-refractivity contribution in [3.05, 3.63) is 48.3 Å². The van der Waals surface area contributed by atoms with Crippen LogP contribution in [0.15, 0.2) is 47.8 Å². The number of ether oxygens (including phenoxy) is 2. The Morgan fingerprint density at radius 3 is 2.65 bits per heavy atom. The molecule has 11 heteroatoms. The van der Waals surface area contributed by atoms with Gasteiger partial charge in [0.25, 0.3) is 6.43 Å². The van der Waals surface area contributed by atoms with Crippen molar-refractivity contribution in [2.24, 2.45) is 5.92 Å². The average molecular weight is 532 g/mol. The fraction of sp³-hybridized carbons (Fsp3) is 0.423. The number of pyridine rings is 2. The SMILES string of the molecule is CS(=O)(=O)c1ncc(-c2ccnc3ccc(O[C@H]4CCN(C(=O)C5CCOCC5)C4)cc23)cc1C(F)F. The van der Waals surface area contributed by atoms with E-state index in [9.17, 15) is 22.0 Å². The second-order valence-electron chi connectivity index (χ2n) is 9.43. The van der Waals surface area contributed by atoms with E-state index in [2.05, 4.69) is 9.97 Å². The lowest BCUT2D eigenvalue weighted by atomic mass is 9.99. The molecule has 4 heterocycles. The molecule has 0 spiro atoms. The first kappa shape index (κ1) is 25.5. The van der Waals surface area contributed by atoms with Crippen molar-refractivity contribution in [1.29, 1.82) is 0 Å². The van der Waals surface area contributed by atoms with E-state index in [0.717, 1.165) is 25.2 Å². The molecule has 2 saturated heterocycles. The molecule has 2 aliphatic heterocycles. The summed E-state index contributed by atoms with van der Waals surface area (Å²) in [5.74, 6) is 0.726. The number of hydrogen-bond acceptors (Lipinski definition) is 7. The molecule has 0 radical (unpaired) electrons. The number of likely N-dealkylation sites (tertiary alicyclic amines) is 1. The highest BCUT2D eigenvalue weighted by atomic mass is 32.2. The maximum atomic E-state index is 13.7. The van der Waals surface area contributed by atoms with E-state index >= 15 is 0 Å². The number of fused-ring (bicyclic) bond motifs is 1. The minimum absolute atomic E-state index is 0.00243. The second-order valence-corrected chi connectivity index (χ2v) is 11.4. The summed E-state index contributed by atoms with van der Waals surface area (Å²) in [4.78, 5) is 22.9. The molecule has 2 fully saturated rings. The molecule has 0 unspecified atom stereocenters. The number of sulfone groups is 1. The molecule has 5 rings (SSSR count). The number of aromatic nitrogens is 2. The standard InChI is InChI=1S/C26H27F2N3O5S/c1-37(33,34)25-22(24(27)28)12-17(14-30-25)20-4-8-29-23-3-2-18(13-21(20)23)36-19-5-9-31(15-19)26(32)16-6-10-35-11-7-16/h2-4,8,12-14,16,19,24H,5-7,9-11,15H2,1H3/t19-/m0/s1. The van der Waals surface area contributed by atoms with Gasteiger partial charge in [-0.1, -0.05) is 0 Å². The zero-order chi connectivity index (χ0) is 26.2. The summed E-state index contributed by atoms with van der Waals surface area (Å²) < 4.78 is 62.8. The maximum absolute atomic E-state index is 13.7. The Morgan fingerprint density at radius 1 is 1.14 bits per heavy atom. The van der Waals surface area contributed by atoms with Gasteiger partial charge in [-0.3, -0.25) is 9.78 Å². The third-order valence-electron chi connectivity index (χ3n) is 6.82. The minimum atomic E-state index is -3.92. The Hall–Kier alpha value is -3.18. The van der Waals surface area contributed by atoms with Gasteiger partial charge in [0.1, 0.15) is 11.9 Å². The first-order valence-corrected chi connectivity index (χ1v) is 14.0. The molecule has 8 nitrogen and oxygen atoms in total. The third-order valence-corrected chi connectivity index (χ3v) is 7.86. The molecule has 196 valence electrons. The van der Waals surface area contributed by atoms with Crippen LogP contribution in [-0.4, -0.2) is 67.9 Å². The smallest absolute Gasteiger partial charge is 0.266 e. The van der Waals surface area contributed by atoms with Gasteiger partial charge in [-0.25, -0.2) is 22.2 Å². The minimum Gasteiger partial charge on any atom is -0.488 e. The highest BCUT2D eigenvalue weighted by molar-refractivity contribution is 7.90. The summed E-state index contributed by atoms with van der Waals surface area (Å²) in [5.41, 5.74) is 0.907. The van der Waals surface area contributed by atoms with Crippen LogP contribution >= 0.6 is 0 Å². The predicted molar refractivity (Wildman–Crippen MR) is 132 cm³/mol. The zero-order valence-corrected chi connectivity index (χ0v) is 21.1. The highest BCUT2D eigenvalue weighted by Gasteiger charge is 2.32. The summed E-state index contributed by atoms with van der Waals surface area (Å²) in [7, 11) is -3.92. The number of amides is 1. The molecule has 0 saturated carbocycles. The molecule has 0 N–H and O–H groups in total. The van der Waals surface area contributed by atoms with Crippen LogP contribution in [0.25, 0.3) is 22.0 Å². The molecule has 0 aliphatic carbocycles. The van der Waals surface area contributed by atoms with E-state index in [1.54, 1.807) is 30.5 Å². The second kappa shape index (κ2) is 10.3. The molecular formula is C26H27F2N3O5S. The molecule has 3 aromatic rings. The fourth-order valence-corrected chi connectivity index (χ4v) is 5.77. The number of rotatable bonds is 6. The topological polar surface area (TPSA) is 98.7 Å². The van der Waals surface area contributed by atoms with Crippen LogP contribution in [0.1, 0.15) is 31.3 Å². The first-order valence-electron chi connectivity index (χ1n) is 12.1. The van der Waals surface area contributed by atoms with Gasteiger partial charge in [0.15, 0.2) is 14.9 Å². The van der Waals surface area contributed by atoms with Gasteiger partial charge in [-0.2, -0.15) is 0 Å². The van der Waals surface area contributed by atoms with E-state index in [1.807, 2.05) is 4.90 Å². The van der Waals surface area contributed by atoms with E-state index in [0.29, 0.717) is 60.5 Å². The van der Waals surface area contributed by atoms with Crippen molar-refractivity contribution < 1.29 is 31.5 Å². The molecule has 1 aromatic carbocycles. The Labute approximate surface area is 213 Å². The highest BCUT2D eigenvalue weighted by Crippen LogP contribution is 2.34. The number of hydrogen-bond donors (Lipinski definition) is 0. The molecule has 37 heavy (non-hydrogen) atoms. The Kier molecular flexibility index (Phi) is 7.09. The van der Waals surface area contributed by atoms with Crippen LogP contribution in [0.3, 0.4) is 0 Å². The fourth-order valence-electron chi connectivity index (χ4n) is 4.95. The largest absolute Gasteiger partial charge is 0.488 e. The summed E-state index contributed by atoms with van der Waals surface area (Å²) in [6.07, 6.45) is 2.72. The van der Waals surface area contributed by atoms with Crippen LogP contribution in [-0.2, 0) is 19.4 Å². The van der Waals surface area contributed by atoms with Crippen LogP contribution in [0.2, 0.25) is 0 Å². The van der Waals surface area contributed by atoms with Gasteiger partial charge in [0, 0.05) is 61.7 Å².